The van der Waals surface area contributed by atoms with E-state index in [-0.39, 0.29) is 0 Å². The van der Waals surface area contributed by atoms with E-state index in [1.807, 2.05) is 0 Å². The molecule has 0 aliphatic rings. The van der Waals surface area contributed by atoms with Crippen LogP contribution in [-0.2, 0) is 4.74 Å². The quantitative estimate of drug-likeness (QED) is 0.716. The minimum absolute atomic E-state index is 0.419. The molecule has 2 atom stereocenters. The third-order valence-corrected chi connectivity index (χ3v) is 2.27. The number of rotatable bonds is 5. The lowest BCUT2D eigenvalue weighted by Crippen LogP contribution is -2.56. The first-order chi connectivity index (χ1) is 6.25. The average Bonchev–Trinajstić information content (AvgIpc) is 2.11. The minimum Gasteiger partial charge on any atom is -0.394 e. The molecule has 0 aromatic heterocycles. The largest absolute Gasteiger partial charge is 0.401 e. The molecule has 0 aliphatic carbocycles. The molecule has 0 bridgehead atoms. The van der Waals surface area contributed by atoms with Crippen molar-refractivity contribution in [3.05, 3.63) is 0 Å². The Morgan fingerprint density at radius 3 is 2.21 bits per heavy atom. The van der Waals surface area contributed by atoms with Gasteiger partial charge in [0, 0.05) is 7.11 Å². The van der Waals surface area contributed by atoms with Gasteiger partial charge in [-0.15, -0.1) is 0 Å². The number of aliphatic hydroxyl groups is 1. The molecule has 2 unspecified atom stereocenters. The van der Waals surface area contributed by atoms with Gasteiger partial charge >= 0.3 is 6.18 Å². The number of aliphatic hydroxyl groups excluding tert-OH is 1. The van der Waals surface area contributed by atoms with Gasteiger partial charge in [0.05, 0.1) is 24.8 Å². The zero-order chi connectivity index (χ0) is 11.4. The molecule has 0 saturated heterocycles. The highest BCUT2D eigenvalue weighted by Crippen LogP contribution is 2.17. The molecule has 3 nitrogen and oxygen atoms in total. The van der Waals surface area contributed by atoms with Crippen molar-refractivity contribution in [3.8, 4) is 0 Å². The number of hydrogen-bond acceptors (Lipinski definition) is 3. The molecule has 0 spiro atoms. The fraction of sp³-hybridized carbons (Fsp3) is 1.00. The van der Waals surface area contributed by atoms with E-state index in [1.165, 1.54) is 14.0 Å². The van der Waals surface area contributed by atoms with Crippen molar-refractivity contribution in [1.82, 2.24) is 5.32 Å². The molecule has 0 saturated carbocycles. The summed E-state index contributed by atoms with van der Waals surface area (Å²) in [5, 5.41) is 11.2. The first-order valence-electron chi connectivity index (χ1n) is 4.20. The van der Waals surface area contributed by atoms with Gasteiger partial charge < -0.3 is 9.84 Å². The number of nitrogens with one attached hydrogen (secondary N) is 1. The van der Waals surface area contributed by atoms with E-state index in [4.69, 9.17) is 9.84 Å². The molecule has 0 aromatic carbocycles. The maximum atomic E-state index is 11.9. The molecular formula is C8H16F3NO2. The van der Waals surface area contributed by atoms with Crippen LogP contribution in [0.25, 0.3) is 0 Å². The highest BCUT2D eigenvalue weighted by molar-refractivity contribution is 4.89. The standard InChI is InChI=1S/C8H16F3NO2/c1-6(14-3)7(2,5-13)12-4-8(9,10)11/h6,12-13H,4-5H2,1-3H3. The number of ether oxygens (including phenoxy) is 1. The lowest BCUT2D eigenvalue weighted by Gasteiger charge is -2.34. The predicted octanol–water partition coefficient (Wildman–Crippen LogP) is 0.924. The minimum atomic E-state index is -4.29. The van der Waals surface area contributed by atoms with Crippen molar-refractivity contribution in [1.29, 1.82) is 0 Å². The number of methoxy groups -OCH3 is 1. The van der Waals surface area contributed by atoms with Gasteiger partial charge in [0.15, 0.2) is 0 Å². The normalized spacial score (nSPS) is 19.1. The van der Waals surface area contributed by atoms with Gasteiger partial charge in [0.2, 0.25) is 0 Å². The van der Waals surface area contributed by atoms with Crippen LogP contribution in [0.5, 0.6) is 0 Å². The third-order valence-electron chi connectivity index (χ3n) is 2.27. The van der Waals surface area contributed by atoms with Crippen molar-refractivity contribution in [2.45, 2.75) is 31.7 Å². The van der Waals surface area contributed by atoms with Gasteiger partial charge in [-0.25, -0.2) is 0 Å². The van der Waals surface area contributed by atoms with E-state index in [1.54, 1.807) is 6.92 Å². The number of hydrogen-bond donors (Lipinski definition) is 2. The van der Waals surface area contributed by atoms with Gasteiger partial charge in [-0.2, -0.15) is 13.2 Å². The smallest absolute Gasteiger partial charge is 0.394 e. The van der Waals surface area contributed by atoms with Crippen LogP contribution in [0.4, 0.5) is 13.2 Å². The van der Waals surface area contributed by atoms with E-state index < -0.39 is 31.0 Å². The Balaban J connectivity index is 4.26. The summed E-state index contributed by atoms with van der Waals surface area (Å²) < 4.78 is 40.6. The van der Waals surface area contributed by atoms with Crippen LogP contribution in [-0.4, -0.2) is 43.2 Å². The second-order valence-corrected chi connectivity index (χ2v) is 3.42. The molecule has 2 N–H and O–H groups in total. The summed E-state index contributed by atoms with van der Waals surface area (Å²) in [5.74, 6) is 0. The fourth-order valence-electron chi connectivity index (χ4n) is 0.890. The molecule has 14 heavy (non-hydrogen) atoms. The molecular weight excluding hydrogens is 199 g/mol. The molecule has 0 fully saturated rings. The molecule has 0 heterocycles. The molecule has 0 radical (unpaired) electrons. The number of alkyl halides is 3. The topological polar surface area (TPSA) is 41.5 Å². The lowest BCUT2D eigenvalue weighted by molar-refractivity contribution is -0.133. The fourth-order valence-corrected chi connectivity index (χ4v) is 0.890. The maximum absolute atomic E-state index is 11.9. The Morgan fingerprint density at radius 2 is 1.93 bits per heavy atom. The lowest BCUT2D eigenvalue weighted by atomic mass is 9.97. The van der Waals surface area contributed by atoms with Crippen molar-refractivity contribution in [2.75, 3.05) is 20.3 Å². The summed E-state index contributed by atoms with van der Waals surface area (Å²) in [6.07, 6.45) is -4.79. The SMILES string of the molecule is COC(C)C(C)(CO)NCC(F)(F)F. The van der Waals surface area contributed by atoms with E-state index in [0.717, 1.165) is 0 Å². The van der Waals surface area contributed by atoms with Gasteiger partial charge in [0.25, 0.3) is 0 Å². The van der Waals surface area contributed by atoms with Gasteiger partial charge in [-0.3, -0.25) is 5.32 Å². The van der Waals surface area contributed by atoms with Crippen LogP contribution in [0.2, 0.25) is 0 Å². The van der Waals surface area contributed by atoms with E-state index in [9.17, 15) is 13.2 Å². The molecule has 0 aromatic rings. The van der Waals surface area contributed by atoms with Gasteiger partial charge in [-0.1, -0.05) is 0 Å². The van der Waals surface area contributed by atoms with Crippen molar-refractivity contribution >= 4 is 0 Å². The van der Waals surface area contributed by atoms with E-state index in [2.05, 4.69) is 5.32 Å². The van der Waals surface area contributed by atoms with E-state index in [0.29, 0.717) is 0 Å². The second kappa shape index (κ2) is 4.95. The second-order valence-electron chi connectivity index (χ2n) is 3.42. The first-order valence-corrected chi connectivity index (χ1v) is 4.20. The zero-order valence-corrected chi connectivity index (χ0v) is 8.48. The summed E-state index contributed by atoms with van der Waals surface area (Å²) in [5.41, 5.74) is -1.08. The first kappa shape index (κ1) is 13.7. The Labute approximate surface area is 81.2 Å². The van der Waals surface area contributed by atoms with Gasteiger partial charge in [0.1, 0.15) is 0 Å². The molecule has 0 aliphatic heterocycles. The van der Waals surface area contributed by atoms with Crippen LogP contribution >= 0.6 is 0 Å². The summed E-state index contributed by atoms with van der Waals surface area (Å²) >= 11 is 0. The van der Waals surface area contributed by atoms with Crippen LogP contribution in [0.15, 0.2) is 0 Å². The maximum Gasteiger partial charge on any atom is 0.401 e. The predicted molar refractivity (Wildman–Crippen MR) is 46.0 cm³/mol. The molecule has 6 heteroatoms. The molecule has 0 amide bonds. The summed E-state index contributed by atoms with van der Waals surface area (Å²) in [7, 11) is 1.38. The Kier molecular flexibility index (Phi) is 4.83. The van der Waals surface area contributed by atoms with Gasteiger partial charge in [-0.05, 0) is 13.8 Å². The van der Waals surface area contributed by atoms with Crippen molar-refractivity contribution in [3.63, 3.8) is 0 Å². The summed E-state index contributed by atoms with van der Waals surface area (Å²) in [6, 6.07) is 0. The Bertz CT molecular complexity index is 174. The van der Waals surface area contributed by atoms with Crippen LogP contribution in [0.3, 0.4) is 0 Å². The zero-order valence-electron chi connectivity index (χ0n) is 8.48. The molecule has 86 valence electrons. The highest BCUT2D eigenvalue weighted by atomic mass is 19.4. The third kappa shape index (κ3) is 4.26. The average molecular weight is 215 g/mol. The summed E-state index contributed by atoms with van der Waals surface area (Å²) in [6.45, 7) is 1.52. The van der Waals surface area contributed by atoms with Crippen LogP contribution in [0, 0.1) is 0 Å². The summed E-state index contributed by atoms with van der Waals surface area (Å²) in [4.78, 5) is 0. The Morgan fingerprint density at radius 1 is 1.43 bits per heavy atom. The monoisotopic (exact) mass is 215 g/mol. The van der Waals surface area contributed by atoms with Crippen molar-refractivity contribution in [2.24, 2.45) is 0 Å². The van der Waals surface area contributed by atoms with Crippen LogP contribution in [0.1, 0.15) is 13.8 Å². The highest BCUT2D eigenvalue weighted by Gasteiger charge is 2.36. The van der Waals surface area contributed by atoms with Crippen LogP contribution < -0.4 is 5.32 Å². The van der Waals surface area contributed by atoms with Crippen molar-refractivity contribution < 1.29 is 23.0 Å². The van der Waals surface area contributed by atoms with E-state index >= 15 is 0 Å². The Hall–Kier alpha value is -0.330. The number of halogens is 3. The molecule has 0 rings (SSSR count).